The van der Waals surface area contributed by atoms with E-state index in [4.69, 9.17) is 16.3 Å². The normalized spacial score (nSPS) is 13.1. The number of methoxy groups -OCH3 is 1. The first-order valence-electron chi connectivity index (χ1n) is 10.5. The van der Waals surface area contributed by atoms with Crippen LogP contribution in [0.3, 0.4) is 0 Å². The van der Waals surface area contributed by atoms with Crippen LogP contribution in [0.2, 0.25) is 5.28 Å². The summed E-state index contributed by atoms with van der Waals surface area (Å²) in [4.78, 5) is 15.3. The lowest BCUT2D eigenvalue weighted by molar-refractivity contribution is 0.148. The first kappa shape index (κ1) is 23.8. The number of nitrogens with one attached hydrogen (secondary N) is 3. The number of aromatic amines is 1. The van der Waals surface area contributed by atoms with Crippen LogP contribution in [-0.2, 0) is 13.0 Å². The Labute approximate surface area is 199 Å². The molecule has 0 bridgehead atoms. The van der Waals surface area contributed by atoms with Gasteiger partial charge in [0.1, 0.15) is 22.9 Å². The zero-order valence-corrected chi connectivity index (χ0v) is 19.0. The maximum absolute atomic E-state index is 13.8. The summed E-state index contributed by atoms with van der Waals surface area (Å²) < 4.78 is 32.8. The fourth-order valence-corrected chi connectivity index (χ4v) is 3.81. The summed E-state index contributed by atoms with van der Waals surface area (Å²) >= 11 is 6.02. The Morgan fingerprint density at radius 3 is 2.68 bits per heavy atom. The van der Waals surface area contributed by atoms with Gasteiger partial charge in [-0.2, -0.15) is 9.97 Å². The van der Waals surface area contributed by atoms with Gasteiger partial charge in [0, 0.05) is 19.2 Å². The highest BCUT2D eigenvalue weighted by molar-refractivity contribution is 6.28. The molecule has 0 radical (unpaired) electrons. The van der Waals surface area contributed by atoms with Crippen molar-refractivity contribution in [2.75, 3.05) is 19.0 Å². The Hall–Kier alpha value is -3.34. The van der Waals surface area contributed by atoms with E-state index in [1.165, 1.54) is 18.5 Å². The van der Waals surface area contributed by atoms with E-state index in [1.807, 2.05) is 24.3 Å². The fraction of sp³-hybridized carbons (Fsp3) is 0.261. The van der Waals surface area contributed by atoms with Crippen LogP contribution in [0.1, 0.15) is 11.1 Å². The van der Waals surface area contributed by atoms with Gasteiger partial charge >= 0.3 is 0 Å². The number of halogens is 3. The number of hydrogen-bond acceptors (Lipinski definition) is 7. The summed E-state index contributed by atoms with van der Waals surface area (Å²) in [6.45, 7) is 0.678. The van der Waals surface area contributed by atoms with Gasteiger partial charge in [-0.15, -0.1) is 0 Å². The highest BCUT2D eigenvalue weighted by atomic mass is 35.5. The number of aliphatic hydroxyl groups excluding tert-OH is 1. The summed E-state index contributed by atoms with van der Waals surface area (Å²) in [6.07, 6.45) is 0.612. The monoisotopic (exact) mass is 488 g/mol. The van der Waals surface area contributed by atoms with Crippen molar-refractivity contribution in [3.8, 4) is 5.75 Å². The third-order valence-electron chi connectivity index (χ3n) is 5.24. The van der Waals surface area contributed by atoms with E-state index in [0.29, 0.717) is 29.1 Å². The molecule has 0 amide bonds. The van der Waals surface area contributed by atoms with Gasteiger partial charge < -0.3 is 25.5 Å². The number of ether oxygens (including phenoxy) is 1. The highest BCUT2D eigenvalue weighted by Gasteiger charge is 2.23. The van der Waals surface area contributed by atoms with Crippen molar-refractivity contribution in [3.05, 3.63) is 76.8 Å². The molecule has 0 fully saturated rings. The largest absolute Gasteiger partial charge is 0.497 e. The van der Waals surface area contributed by atoms with E-state index >= 15 is 0 Å². The van der Waals surface area contributed by atoms with E-state index in [2.05, 4.69) is 30.6 Å². The number of nitrogens with zero attached hydrogens (tertiary/aromatic N) is 3. The smallest absolute Gasteiger partial charge is 0.226 e. The second-order valence-corrected chi connectivity index (χ2v) is 8.06. The van der Waals surface area contributed by atoms with Crippen LogP contribution >= 0.6 is 11.6 Å². The molecule has 0 spiro atoms. The zero-order chi connectivity index (χ0) is 24.1. The number of rotatable bonds is 10. The molecule has 4 rings (SSSR count). The molecular weight excluding hydrogens is 466 g/mol. The number of hydrogen-bond donors (Lipinski definition) is 4. The lowest BCUT2D eigenvalue weighted by Crippen LogP contribution is -2.42. The van der Waals surface area contributed by atoms with Gasteiger partial charge in [0.05, 0.1) is 25.6 Å². The van der Waals surface area contributed by atoms with Crippen molar-refractivity contribution < 1.29 is 18.6 Å². The molecule has 178 valence electrons. The number of aromatic nitrogens is 4. The van der Waals surface area contributed by atoms with Gasteiger partial charge in [-0.1, -0.05) is 12.1 Å². The number of anilines is 1. The van der Waals surface area contributed by atoms with E-state index < -0.39 is 23.8 Å². The van der Waals surface area contributed by atoms with Gasteiger partial charge in [-0.3, -0.25) is 0 Å². The molecule has 0 aliphatic carbocycles. The van der Waals surface area contributed by atoms with E-state index in [9.17, 15) is 13.9 Å². The molecule has 2 aromatic heterocycles. The lowest BCUT2D eigenvalue weighted by atomic mass is 10.0. The van der Waals surface area contributed by atoms with E-state index in [0.717, 1.165) is 17.4 Å². The van der Waals surface area contributed by atoms with Crippen molar-refractivity contribution in [1.29, 1.82) is 0 Å². The molecule has 0 saturated carbocycles. The topological polar surface area (TPSA) is 108 Å². The van der Waals surface area contributed by atoms with Gasteiger partial charge in [0.2, 0.25) is 5.28 Å². The summed E-state index contributed by atoms with van der Waals surface area (Å²) in [6, 6.07) is 10.1. The minimum atomic E-state index is -0.955. The number of benzene rings is 2. The molecule has 4 N–H and O–H groups in total. The van der Waals surface area contributed by atoms with E-state index in [1.54, 1.807) is 7.11 Å². The van der Waals surface area contributed by atoms with Crippen molar-refractivity contribution >= 4 is 28.6 Å². The molecule has 0 aliphatic heterocycles. The van der Waals surface area contributed by atoms with Gasteiger partial charge in [0.25, 0.3) is 0 Å². The van der Waals surface area contributed by atoms with Crippen molar-refractivity contribution in [3.63, 3.8) is 0 Å². The number of fused-ring (bicyclic) bond motifs is 1. The molecule has 0 saturated heterocycles. The van der Waals surface area contributed by atoms with E-state index in [-0.39, 0.29) is 18.2 Å². The minimum absolute atomic E-state index is 0.0247. The predicted octanol–water partition coefficient (Wildman–Crippen LogP) is 3.47. The second kappa shape index (κ2) is 10.7. The highest BCUT2D eigenvalue weighted by Crippen LogP contribution is 2.22. The zero-order valence-electron chi connectivity index (χ0n) is 18.2. The molecule has 0 aliphatic rings. The summed E-state index contributed by atoms with van der Waals surface area (Å²) in [5.74, 6) is -0.334. The first-order chi connectivity index (χ1) is 16.4. The van der Waals surface area contributed by atoms with Crippen molar-refractivity contribution in [2.24, 2.45) is 0 Å². The summed E-state index contributed by atoms with van der Waals surface area (Å²) in [5.41, 5.74) is 2.20. The maximum Gasteiger partial charge on any atom is 0.226 e. The molecule has 11 heteroatoms. The van der Waals surface area contributed by atoms with Crippen LogP contribution in [-0.4, -0.2) is 50.8 Å². The molecule has 2 atom stereocenters. The van der Waals surface area contributed by atoms with Crippen LogP contribution in [0, 0.1) is 11.6 Å². The fourth-order valence-electron chi connectivity index (χ4n) is 3.64. The van der Waals surface area contributed by atoms with Crippen molar-refractivity contribution in [1.82, 2.24) is 25.3 Å². The lowest BCUT2D eigenvalue weighted by Gasteiger charge is -2.25. The van der Waals surface area contributed by atoms with Gasteiger partial charge in [0.15, 0.2) is 11.5 Å². The Morgan fingerprint density at radius 1 is 1.12 bits per heavy atom. The first-order valence-corrected chi connectivity index (χ1v) is 10.9. The Morgan fingerprint density at radius 2 is 1.91 bits per heavy atom. The Kier molecular flexibility index (Phi) is 7.51. The SMILES string of the molecule is COc1cccc(CNCC(O)C(Cc2cc(F)cc(F)c2)Nc2nc(Cl)nc3nc[nH]c23)c1. The quantitative estimate of drug-likeness (QED) is 0.253. The molecule has 8 nitrogen and oxygen atoms in total. The van der Waals surface area contributed by atoms with Crippen LogP contribution in [0.15, 0.2) is 48.8 Å². The van der Waals surface area contributed by atoms with Crippen molar-refractivity contribution in [2.45, 2.75) is 25.1 Å². The predicted molar refractivity (Wildman–Crippen MR) is 125 cm³/mol. The molecule has 4 aromatic rings. The van der Waals surface area contributed by atoms with Crippen LogP contribution in [0.5, 0.6) is 5.75 Å². The Balaban J connectivity index is 1.52. The third-order valence-corrected chi connectivity index (χ3v) is 5.41. The average molecular weight is 489 g/mol. The standard InChI is InChI=1S/C23H23ClF2N6O2/c1-34-17-4-2-3-13(7-17)10-27-11-19(33)18(8-14-5-15(25)9-16(26)6-14)30-22-20-21(29-12-28-20)31-23(24)32-22/h2-7,9,12,18-19,27,33H,8,10-11H2,1H3,(H2,28,29,30,31,32). The molecular formula is C23H23ClF2N6O2. The number of aliphatic hydroxyl groups is 1. The summed E-state index contributed by atoms with van der Waals surface area (Å²) in [7, 11) is 1.60. The molecule has 2 heterocycles. The summed E-state index contributed by atoms with van der Waals surface area (Å²) in [5, 5.41) is 17.3. The molecule has 34 heavy (non-hydrogen) atoms. The third kappa shape index (κ3) is 5.96. The minimum Gasteiger partial charge on any atom is -0.497 e. The molecule has 2 aromatic carbocycles. The number of imidazole rings is 1. The average Bonchev–Trinajstić information content (AvgIpc) is 3.26. The Bertz CT molecular complexity index is 1250. The number of H-pyrrole nitrogens is 1. The maximum atomic E-state index is 13.8. The van der Waals surface area contributed by atoms with Crippen LogP contribution < -0.4 is 15.4 Å². The van der Waals surface area contributed by atoms with Crippen LogP contribution in [0.4, 0.5) is 14.6 Å². The molecule has 2 unspecified atom stereocenters. The second-order valence-electron chi connectivity index (χ2n) is 7.72. The van der Waals surface area contributed by atoms with Gasteiger partial charge in [-0.05, 0) is 53.4 Å². The van der Waals surface area contributed by atoms with Crippen LogP contribution in [0.25, 0.3) is 11.2 Å². The van der Waals surface area contributed by atoms with Gasteiger partial charge in [-0.25, -0.2) is 13.8 Å².